The Labute approximate surface area is 169 Å². The van der Waals surface area contributed by atoms with Gasteiger partial charge in [0.25, 0.3) is 5.56 Å². The minimum Gasteiger partial charge on any atom is -0.308 e. The predicted molar refractivity (Wildman–Crippen MR) is 111 cm³/mol. The molecule has 4 rings (SSSR count). The van der Waals surface area contributed by atoms with Gasteiger partial charge in [-0.1, -0.05) is 59.3 Å². The summed E-state index contributed by atoms with van der Waals surface area (Å²) in [6.45, 7) is 2.39. The molecule has 0 spiro atoms. The van der Waals surface area contributed by atoms with Gasteiger partial charge >= 0.3 is 5.69 Å². The molecule has 2 aromatic heterocycles. The zero-order chi connectivity index (χ0) is 19.8. The van der Waals surface area contributed by atoms with Crippen molar-refractivity contribution in [2.45, 2.75) is 23.5 Å². The van der Waals surface area contributed by atoms with Gasteiger partial charge in [-0.2, -0.15) is 0 Å². The number of hydrogen-bond donors (Lipinski definition) is 1. The van der Waals surface area contributed by atoms with Crippen molar-refractivity contribution in [1.29, 1.82) is 0 Å². The average Bonchev–Trinajstić information content (AvgIpc) is 3.02. The van der Waals surface area contributed by atoms with Crippen LogP contribution in [0.2, 0.25) is 5.02 Å². The van der Waals surface area contributed by atoms with E-state index in [1.165, 1.54) is 16.3 Å². The number of aryl methyl sites for hydroxylation is 2. The molecule has 142 valence electrons. The van der Waals surface area contributed by atoms with E-state index in [0.717, 1.165) is 16.0 Å². The highest BCUT2D eigenvalue weighted by molar-refractivity contribution is 7.99. The van der Waals surface area contributed by atoms with Crippen molar-refractivity contribution in [3.63, 3.8) is 0 Å². The van der Waals surface area contributed by atoms with Crippen LogP contribution in [0.3, 0.4) is 0 Å². The van der Waals surface area contributed by atoms with Crippen LogP contribution in [-0.4, -0.2) is 19.1 Å². The van der Waals surface area contributed by atoms with Crippen LogP contribution in [0.1, 0.15) is 11.1 Å². The van der Waals surface area contributed by atoms with E-state index in [4.69, 9.17) is 11.6 Å². The SMILES string of the molecule is Cc1ccc(Sc2nc3c(c(=O)[nH]c(=O)n3C)n2Cc2ccccc2Cl)cc1. The molecule has 0 bridgehead atoms. The summed E-state index contributed by atoms with van der Waals surface area (Å²) < 4.78 is 3.15. The number of rotatable bonds is 4. The van der Waals surface area contributed by atoms with Crippen molar-refractivity contribution in [3.8, 4) is 0 Å². The first-order valence-electron chi connectivity index (χ1n) is 8.61. The molecule has 0 unspecified atom stereocenters. The van der Waals surface area contributed by atoms with Gasteiger partial charge in [-0.15, -0.1) is 0 Å². The Hall–Kier alpha value is -2.77. The fraction of sp³-hybridized carbons (Fsp3) is 0.150. The molecule has 0 aliphatic heterocycles. The van der Waals surface area contributed by atoms with E-state index < -0.39 is 11.2 Å². The number of aromatic amines is 1. The molecular weight excluding hydrogens is 396 g/mol. The van der Waals surface area contributed by atoms with Crippen molar-refractivity contribution in [3.05, 3.63) is 85.5 Å². The number of aromatic nitrogens is 4. The topological polar surface area (TPSA) is 72.7 Å². The molecule has 2 heterocycles. The van der Waals surface area contributed by atoms with Crippen LogP contribution in [0, 0.1) is 6.92 Å². The number of benzene rings is 2. The van der Waals surface area contributed by atoms with Crippen LogP contribution in [0.4, 0.5) is 0 Å². The van der Waals surface area contributed by atoms with E-state index in [1.807, 2.05) is 55.5 Å². The van der Waals surface area contributed by atoms with Gasteiger partial charge in [-0.3, -0.25) is 14.3 Å². The van der Waals surface area contributed by atoms with Crippen molar-refractivity contribution >= 4 is 34.5 Å². The summed E-state index contributed by atoms with van der Waals surface area (Å²) in [5.74, 6) is 0. The number of H-pyrrole nitrogens is 1. The summed E-state index contributed by atoms with van der Waals surface area (Å²) in [4.78, 5) is 32.5. The highest BCUT2D eigenvalue weighted by atomic mass is 35.5. The van der Waals surface area contributed by atoms with Gasteiger partial charge in [0.15, 0.2) is 16.3 Å². The molecule has 0 aliphatic carbocycles. The number of halogens is 1. The Kier molecular flexibility index (Phi) is 4.87. The highest BCUT2D eigenvalue weighted by Crippen LogP contribution is 2.30. The van der Waals surface area contributed by atoms with Gasteiger partial charge < -0.3 is 4.57 Å². The molecular formula is C20H17ClN4O2S. The molecule has 0 aliphatic rings. The lowest BCUT2D eigenvalue weighted by Crippen LogP contribution is -2.29. The quantitative estimate of drug-likeness (QED) is 0.556. The standard InChI is InChI=1S/C20H17ClN4O2S/c1-12-7-9-14(10-8-12)28-20-22-17-16(18(26)23-19(27)24(17)2)25(20)11-13-5-3-4-6-15(13)21/h3-10H,11H2,1-2H3,(H,23,26,27). The lowest BCUT2D eigenvalue weighted by atomic mass is 10.2. The molecule has 1 N–H and O–H groups in total. The van der Waals surface area contributed by atoms with Crippen LogP contribution in [0.25, 0.3) is 11.2 Å². The first-order chi connectivity index (χ1) is 13.4. The molecule has 4 aromatic rings. The third-order valence-corrected chi connectivity index (χ3v) is 5.86. The van der Waals surface area contributed by atoms with E-state index >= 15 is 0 Å². The van der Waals surface area contributed by atoms with Crippen LogP contribution in [0.5, 0.6) is 0 Å². The Bertz CT molecular complexity index is 1290. The van der Waals surface area contributed by atoms with Gasteiger partial charge in [0.1, 0.15) is 0 Å². The smallest absolute Gasteiger partial charge is 0.308 e. The van der Waals surface area contributed by atoms with Crippen LogP contribution in [0.15, 0.2) is 68.2 Å². The maximum Gasteiger partial charge on any atom is 0.329 e. The number of fused-ring (bicyclic) bond motifs is 1. The molecule has 0 radical (unpaired) electrons. The van der Waals surface area contributed by atoms with Crippen molar-refractivity contribution in [2.75, 3.05) is 0 Å². The molecule has 0 saturated heterocycles. The Morgan fingerprint density at radius 2 is 1.82 bits per heavy atom. The minimum absolute atomic E-state index is 0.343. The van der Waals surface area contributed by atoms with Gasteiger partial charge in [-0.05, 0) is 30.7 Å². The number of nitrogens with zero attached hydrogens (tertiary/aromatic N) is 3. The third kappa shape index (κ3) is 3.39. The second-order valence-electron chi connectivity index (χ2n) is 6.48. The number of nitrogens with one attached hydrogen (secondary N) is 1. The molecule has 2 aromatic carbocycles. The van der Waals surface area contributed by atoms with Gasteiger partial charge in [-0.25, -0.2) is 9.78 Å². The first kappa shape index (κ1) is 18.6. The average molecular weight is 413 g/mol. The van der Waals surface area contributed by atoms with E-state index in [9.17, 15) is 9.59 Å². The summed E-state index contributed by atoms with van der Waals surface area (Å²) in [7, 11) is 1.59. The molecule has 0 fully saturated rings. The first-order valence-corrected chi connectivity index (χ1v) is 9.81. The van der Waals surface area contributed by atoms with Crippen molar-refractivity contribution < 1.29 is 0 Å². The summed E-state index contributed by atoms with van der Waals surface area (Å²) in [5.41, 5.74) is 1.75. The molecule has 6 nitrogen and oxygen atoms in total. The fourth-order valence-corrected chi connectivity index (χ4v) is 4.02. The number of hydrogen-bond acceptors (Lipinski definition) is 4. The Morgan fingerprint density at radius 1 is 1.11 bits per heavy atom. The summed E-state index contributed by atoms with van der Waals surface area (Å²) in [6.07, 6.45) is 0. The van der Waals surface area contributed by atoms with Crippen molar-refractivity contribution in [2.24, 2.45) is 7.05 Å². The highest BCUT2D eigenvalue weighted by Gasteiger charge is 2.19. The Balaban J connectivity index is 1.92. The van der Waals surface area contributed by atoms with E-state index in [2.05, 4.69) is 9.97 Å². The third-order valence-electron chi connectivity index (χ3n) is 4.49. The predicted octanol–water partition coefficient (Wildman–Crippen LogP) is 3.58. The summed E-state index contributed by atoms with van der Waals surface area (Å²) >= 11 is 7.77. The Morgan fingerprint density at radius 3 is 2.54 bits per heavy atom. The molecule has 0 atom stereocenters. The lowest BCUT2D eigenvalue weighted by Gasteiger charge is -2.10. The second kappa shape index (κ2) is 7.33. The summed E-state index contributed by atoms with van der Waals surface area (Å²) in [5, 5.41) is 1.22. The monoisotopic (exact) mass is 412 g/mol. The van der Waals surface area contributed by atoms with Gasteiger partial charge in [0.2, 0.25) is 0 Å². The van der Waals surface area contributed by atoms with Crippen LogP contribution in [-0.2, 0) is 13.6 Å². The van der Waals surface area contributed by atoms with E-state index in [1.54, 1.807) is 11.6 Å². The number of imidazole rings is 1. The molecule has 0 amide bonds. The fourth-order valence-electron chi connectivity index (χ4n) is 2.95. The summed E-state index contributed by atoms with van der Waals surface area (Å²) in [6, 6.07) is 15.5. The second-order valence-corrected chi connectivity index (χ2v) is 7.93. The van der Waals surface area contributed by atoms with Crippen molar-refractivity contribution in [1.82, 2.24) is 19.1 Å². The van der Waals surface area contributed by atoms with Gasteiger partial charge in [0.05, 0.1) is 6.54 Å². The van der Waals surface area contributed by atoms with E-state index in [0.29, 0.717) is 27.9 Å². The maximum absolute atomic E-state index is 12.6. The zero-order valence-corrected chi connectivity index (χ0v) is 16.8. The maximum atomic E-state index is 12.6. The van der Waals surface area contributed by atoms with Crippen LogP contribution >= 0.6 is 23.4 Å². The largest absolute Gasteiger partial charge is 0.329 e. The van der Waals surface area contributed by atoms with Gasteiger partial charge in [0, 0.05) is 17.0 Å². The molecule has 28 heavy (non-hydrogen) atoms. The normalized spacial score (nSPS) is 11.2. The minimum atomic E-state index is -0.494. The molecule has 0 saturated carbocycles. The lowest BCUT2D eigenvalue weighted by molar-refractivity contribution is 0.728. The zero-order valence-electron chi connectivity index (χ0n) is 15.3. The van der Waals surface area contributed by atoms with Crippen LogP contribution < -0.4 is 11.2 Å². The van der Waals surface area contributed by atoms with E-state index in [-0.39, 0.29) is 0 Å². The molecule has 8 heteroatoms.